The van der Waals surface area contributed by atoms with Crippen molar-refractivity contribution < 1.29 is 9.53 Å². The van der Waals surface area contributed by atoms with Crippen molar-refractivity contribution in [2.45, 2.75) is 78.0 Å². The highest BCUT2D eigenvalue weighted by atomic mass is 16.6. The van der Waals surface area contributed by atoms with Crippen molar-refractivity contribution in [3.8, 4) is 5.69 Å². The van der Waals surface area contributed by atoms with Gasteiger partial charge in [-0.3, -0.25) is 4.90 Å². The average Bonchev–Trinajstić information content (AvgIpc) is 3.12. The Morgan fingerprint density at radius 1 is 1.35 bits per heavy atom. The van der Waals surface area contributed by atoms with Gasteiger partial charge in [-0.05, 0) is 76.8 Å². The lowest BCUT2D eigenvalue weighted by molar-refractivity contribution is 0.0268. The van der Waals surface area contributed by atoms with E-state index in [9.17, 15) is 4.79 Å². The van der Waals surface area contributed by atoms with Crippen LogP contribution in [0.15, 0.2) is 30.7 Å². The fraction of sp³-hybridized carbons (Fsp3) is 0.583. The number of anilines is 1. The summed E-state index contributed by atoms with van der Waals surface area (Å²) in [6, 6.07) is 6.23. The summed E-state index contributed by atoms with van der Waals surface area (Å²) >= 11 is 0. The molecule has 3 N–H and O–H groups in total. The van der Waals surface area contributed by atoms with Gasteiger partial charge in [-0.1, -0.05) is 13.3 Å². The van der Waals surface area contributed by atoms with Gasteiger partial charge in [-0.25, -0.2) is 9.78 Å². The summed E-state index contributed by atoms with van der Waals surface area (Å²) in [7, 11) is 0. The fourth-order valence-electron chi connectivity index (χ4n) is 4.18. The number of benzene rings is 1. The van der Waals surface area contributed by atoms with Crippen LogP contribution in [0, 0.1) is 6.92 Å². The molecule has 170 valence electrons. The third kappa shape index (κ3) is 6.99. The number of alkyl carbamates (subject to hydrolysis) is 1. The largest absolute Gasteiger partial charge is 0.444 e. The number of nitrogens with one attached hydrogen (secondary N) is 1. The van der Waals surface area contributed by atoms with Gasteiger partial charge in [-0.2, -0.15) is 0 Å². The maximum atomic E-state index is 12.4. The van der Waals surface area contributed by atoms with Crippen LogP contribution in [-0.4, -0.2) is 45.3 Å². The average molecular weight is 428 g/mol. The van der Waals surface area contributed by atoms with E-state index in [1.54, 1.807) is 0 Å². The molecule has 7 heteroatoms. The standard InChI is InChI=1S/C24H37N5O2/c1-5-6-9-24(3,4)31-23(30)27-21-8-7-10-28(16-21)15-19-11-20(25)13-22(12-19)29-14-18(2)26-17-29/h11-14,17,21H,5-10,15-16,25H2,1-4H3,(H,27,30)/t21-/m0/s1. The zero-order chi connectivity index (χ0) is 22.4. The smallest absolute Gasteiger partial charge is 0.407 e. The number of ether oxygens (including phenoxy) is 1. The van der Waals surface area contributed by atoms with Gasteiger partial charge in [0.25, 0.3) is 0 Å². The lowest BCUT2D eigenvalue weighted by Gasteiger charge is -2.34. The first-order valence-corrected chi connectivity index (χ1v) is 11.4. The minimum absolute atomic E-state index is 0.0973. The molecule has 1 amide bonds. The summed E-state index contributed by atoms with van der Waals surface area (Å²) < 4.78 is 7.68. The molecule has 1 saturated heterocycles. The summed E-state index contributed by atoms with van der Waals surface area (Å²) in [6.45, 7) is 10.7. The normalized spacial score (nSPS) is 17.5. The van der Waals surface area contributed by atoms with Crippen LogP contribution in [0.25, 0.3) is 5.69 Å². The van der Waals surface area contributed by atoms with Crippen molar-refractivity contribution in [2.24, 2.45) is 0 Å². The number of nitrogens with zero attached hydrogens (tertiary/aromatic N) is 3. The number of carbonyl (C=O) groups is 1. The highest BCUT2D eigenvalue weighted by molar-refractivity contribution is 5.68. The molecule has 3 rings (SSSR count). The number of amides is 1. The molecular weight excluding hydrogens is 390 g/mol. The summed E-state index contributed by atoms with van der Waals surface area (Å²) in [5.41, 5.74) is 9.62. The second-order valence-electron chi connectivity index (χ2n) is 9.33. The molecule has 0 radical (unpaired) electrons. The van der Waals surface area contributed by atoms with E-state index in [1.807, 2.05) is 50.0 Å². The molecule has 0 saturated carbocycles. The van der Waals surface area contributed by atoms with Crippen LogP contribution in [0.4, 0.5) is 10.5 Å². The number of aromatic nitrogens is 2. The van der Waals surface area contributed by atoms with Gasteiger partial charge in [0.1, 0.15) is 5.60 Å². The van der Waals surface area contributed by atoms with Gasteiger partial charge in [0.15, 0.2) is 0 Å². The number of aryl methyl sites for hydroxylation is 1. The second-order valence-corrected chi connectivity index (χ2v) is 9.33. The molecule has 31 heavy (non-hydrogen) atoms. The Morgan fingerprint density at radius 2 is 2.16 bits per heavy atom. The number of hydrogen-bond acceptors (Lipinski definition) is 5. The molecule has 0 unspecified atom stereocenters. The number of unbranched alkanes of at least 4 members (excludes halogenated alkanes) is 1. The van der Waals surface area contributed by atoms with E-state index in [-0.39, 0.29) is 12.1 Å². The minimum Gasteiger partial charge on any atom is -0.444 e. The summed E-state index contributed by atoms with van der Waals surface area (Å²) in [4.78, 5) is 19.1. The summed E-state index contributed by atoms with van der Waals surface area (Å²) in [5.74, 6) is 0. The maximum Gasteiger partial charge on any atom is 0.407 e. The van der Waals surface area contributed by atoms with Crippen molar-refractivity contribution in [1.29, 1.82) is 0 Å². The Bertz CT molecular complexity index is 877. The molecule has 0 bridgehead atoms. The third-order valence-electron chi connectivity index (χ3n) is 5.74. The zero-order valence-corrected chi connectivity index (χ0v) is 19.4. The lowest BCUT2D eigenvalue weighted by atomic mass is 10.0. The van der Waals surface area contributed by atoms with Crippen LogP contribution >= 0.6 is 0 Å². The molecule has 0 spiro atoms. The van der Waals surface area contributed by atoms with E-state index in [2.05, 4.69) is 28.2 Å². The quantitative estimate of drug-likeness (QED) is 0.609. The molecule has 7 nitrogen and oxygen atoms in total. The van der Waals surface area contributed by atoms with Gasteiger partial charge in [-0.15, -0.1) is 0 Å². The molecular formula is C24H37N5O2. The van der Waals surface area contributed by atoms with Gasteiger partial charge in [0, 0.05) is 36.7 Å². The lowest BCUT2D eigenvalue weighted by Crippen LogP contribution is -2.48. The number of likely N-dealkylation sites (tertiary alicyclic amines) is 1. The maximum absolute atomic E-state index is 12.4. The van der Waals surface area contributed by atoms with Crippen LogP contribution in [0.1, 0.15) is 64.1 Å². The molecule has 1 aliphatic rings. The number of rotatable bonds is 8. The molecule has 1 fully saturated rings. The highest BCUT2D eigenvalue weighted by Gasteiger charge is 2.26. The van der Waals surface area contributed by atoms with Crippen LogP contribution in [0.2, 0.25) is 0 Å². The number of hydrogen-bond donors (Lipinski definition) is 2. The summed E-state index contributed by atoms with van der Waals surface area (Å²) in [5, 5.41) is 3.08. The molecule has 0 aliphatic carbocycles. The first-order chi connectivity index (χ1) is 14.7. The Kier molecular flexibility index (Phi) is 7.59. The fourth-order valence-corrected chi connectivity index (χ4v) is 4.18. The number of nitrogen functional groups attached to an aromatic ring is 1. The zero-order valence-electron chi connectivity index (χ0n) is 19.4. The van der Waals surface area contributed by atoms with E-state index < -0.39 is 5.60 Å². The Balaban J connectivity index is 1.57. The Labute approximate surface area is 186 Å². The topological polar surface area (TPSA) is 85.4 Å². The molecule has 1 aromatic heterocycles. The summed E-state index contributed by atoms with van der Waals surface area (Å²) in [6.07, 6.45) is 8.53. The number of imidazole rings is 1. The van der Waals surface area contributed by atoms with Crippen LogP contribution in [0.3, 0.4) is 0 Å². The van der Waals surface area contributed by atoms with Crippen LogP contribution < -0.4 is 11.1 Å². The number of piperidine rings is 1. The third-order valence-corrected chi connectivity index (χ3v) is 5.74. The molecule has 1 atom stereocenters. The van der Waals surface area contributed by atoms with Crippen molar-refractivity contribution in [1.82, 2.24) is 19.8 Å². The minimum atomic E-state index is -0.432. The van der Waals surface area contributed by atoms with E-state index >= 15 is 0 Å². The van der Waals surface area contributed by atoms with Crippen LogP contribution in [-0.2, 0) is 11.3 Å². The Hall–Kier alpha value is -2.54. The number of carbonyl (C=O) groups excluding carboxylic acids is 1. The van der Waals surface area contributed by atoms with Crippen molar-refractivity contribution >= 4 is 11.8 Å². The molecule has 1 aromatic carbocycles. The van der Waals surface area contributed by atoms with Gasteiger partial charge < -0.3 is 20.4 Å². The highest BCUT2D eigenvalue weighted by Crippen LogP contribution is 2.21. The molecule has 1 aliphatic heterocycles. The monoisotopic (exact) mass is 427 g/mol. The Morgan fingerprint density at radius 3 is 2.87 bits per heavy atom. The van der Waals surface area contributed by atoms with E-state index in [0.29, 0.717) is 0 Å². The van der Waals surface area contributed by atoms with Gasteiger partial charge in [0.05, 0.1) is 12.0 Å². The van der Waals surface area contributed by atoms with Crippen LogP contribution in [0.5, 0.6) is 0 Å². The molecule has 2 aromatic rings. The first kappa shape index (κ1) is 23.1. The van der Waals surface area contributed by atoms with E-state index in [1.165, 1.54) is 0 Å². The van der Waals surface area contributed by atoms with Gasteiger partial charge in [0.2, 0.25) is 0 Å². The second kappa shape index (κ2) is 10.2. The SMILES string of the molecule is CCCCC(C)(C)OC(=O)N[C@H]1CCCN(Cc2cc(N)cc(-n3cnc(C)c3)c2)C1. The van der Waals surface area contributed by atoms with E-state index in [4.69, 9.17) is 10.5 Å². The van der Waals surface area contributed by atoms with Crippen molar-refractivity contribution in [3.05, 3.63) is 42.0 Å². The number of nitrogens with two attached hydrogens (primary N) is 1. The van der Waals surface area contributed by atoms with Crippen molar-refractivity contribution in [2.75, 3.05) is 18.8 Å². The predicted octanol–water partition coefficient (Wildman–Crippen LogP) is 4.42. The van der Waals surface area contributed by atoms with Gasteiger partial charge >= 0.3 is 6.09 Å². The predicted molar refractivity (Wildman–Crippen MR) is 124 cm³/mol. The van der Waals surface area contributed by atoms with E-state index in [0.717, 1.165) is 74.4 Å². The molecule has 2 heterocycles. The first-order valence-electron chi connectivity index (χ1n) is 11.4. The van der Waals surface area contributed by atoms with Crippen molar-refractivity contribution in [3.63, 3.8) is 0 Å².